The van der Waals surface area contributed by atoms with E-state index in [1.54, 1.807) is 4.90 Å². The maximum atomic E-state index is 12.6. The predicted octanol–water partition coefficient (Wildman–Crippen LogP) is 1.83. The van der Waals surface area contributed by atoms with Crippen LogP contribution in [0.15, 0.2) is 18.3 Å². The molecule has 0 spiro atoms. The summed E-state index contributed by atoms with van der Waals surface area (Å²) >= 11 is 0. The van der Waals surface area contributed by atoms with Crippen molar-refractivity contribution in [2.24, 2.45) is 17.6 Å². The van der Waals surface area contributed by atoms with Crippen LogP contribution in [-0.4, -0.2) is 47.7 Å². The van der Waals surface area contributed by atoms with E-state index in [0.29, 0.717) is 19.0 Å². The molecule has 1 aliphatic heterocycles. The molecule has 3 atom stereocenters. The lowest BCUT2D eigenvalue weighted by Crippen LogP contribution is -2.34. The van der Waals surface area contributed by atoms with Gasteiger partial charge in [-0.1, -0.05) is 0 Å². The lowest BCUT2D eigenvalue weighted by molar-refractivity contribution is -0.154. The number of halogens is 3. The Morgan fingerprint density at radius 1 is 1.39 bits per heavy atom. The van der Waals surface area contributed by atoms with E-state index in [0.717, 1.165) is 12.8 Å². The number of pyridine rings is 1. The van der Waals surface area contributed by atoms with Gasteiger partial charge < -0.3 is 15.4 Å². The highest BCUT2D eigenvalue weighted by Gasteiger charge is 2.43. The molecule has 1 saturated heterocycles. The number of amides is 1. The summed E-state index contributed by atoms with van der Waals surface area (Å²) in [6.45, 7) is -0.344. The molecule has 23 heavy (non-hydrogen) atoms. The molecule has 1 aromatic heterocycles. The van der Waals surface area contributed by atoms with Crippen molar-refractivity contribution < 1.29 is 22.7 Å². The van der Waals surface area contributed by atoms with Crippen molar-refractivity contribution in [1.29, 1.82) is 0 Å². The summed E-state index contributed by atoms with van der Waals surface area (Å²) in [6.07, 6.45) is -1.23. The SMILES string of the molecule is NC1CCC2CN(C(=O)c3cccnc3OCC(F)(F)F)CC12. The number of alkyl halides is 3. The zero-order valence-corrected chi connectivity index (χ0v) is 12.4. The van der Waals surface area contributed by atoms with E-state index < -0.39 is 12.8 Å². The Balaban J connectivity index is 1.73. The largest absolute Gasteiger partial charge is 0.467 e. The van der Waals surface area contributed by atoms with Crippen LogP contribution in [0.2, 0.25) is 0 Å². The zero-order valence-electron chi connectivity index (χ0n) is 12.4. The van der Waals surface area contributed by atoms with Crippen molar-refractivity contribution in [2.75, 3.05) is 19.7 Å². The van der Waals surface area contributed by atoms with Gasteiger partial charge in [0.25, 0.3) is 5.91 Å². The van der Waals surface area contributed by atoms with Gasteiger partial charge in [0.15, 0.2) is 6.61 Å². The molecule has 0 radical (unpaired) electrons. The summed E-state index contributed by atoms with van der Waals surface area (Å²) in [6, 6.07) is 3.04. The number of nitrogens with zero attached hydrogens (tertiary/aromatic N) is 2. The quantitative estimate of drug-likeness (QED) is 0.919. The second-order valence-corrected chi connectivity index (χ2v) is 6.14. The van der Waals surface area contributed by atoms with Crippen LogP contribution in [0.25, 0.3) is 0 Å². The number of carbonyl (C=O) groups excluding carboxylic acids is 1. The van der Waals surface area contributed by atoms with Gasteiger partial charge in [-0.25, -0.2) is 4.98 Å². The number of hydrogen-bond donors (Lipinski definition) is 1. The Bertz CT molecular complexity index is 594. The average Bonchev–Trinajstić information content (AvgIpc) is 3.07. The summed E-state index contributed by atoms with van der Waals surface area (Å²) < 4.78 is 41.6. The normalized spacial score (nSPS) is 27.1. The number of likely N-dealkylation sites (tertiary alicyclic amines) is 1. The molecule has 0 aromatic carbocycles. The first kappa shape index (κ1) is 16.0. The van der Waals surface area contributed by atoms with Crippen molar-refractivity contribution in [3.05, 3.63) is 23.9 Å². The predicted molar refractivity (Wildman–Crippen MR) is 75.9 cm³/mol. The van der Waals surface area contributed by atoms with Gasteiger partial charge in [-0.15, -0.1) is 0 Å². The minimum absolute atomic E-state index is 0.0605. The van der Waals surface area contributed by atoms with Crippen LogP contribution in [0.1, 0.15) is 23.2 Å². The summed E-state index contributed by atoms with van der Waals surface area (Å²) in [4.78, 5) is 18.0. The molecule has 2 heterocycles. The topological polar surface area (TPSA) is 68.5 Å². The highest BCUT2D eigenvalue weighted by Crippen LogP contribution is 2.38. The van der Waals surface area contributed by atoms with Crippen LogP contribution in [0.5, 0.6) is 5.88 Å². The van der Waals surface area contributed by atoms with E-state index in [1.807, 2.05) is 0 Å². The van der Waals surface area contributed by atoms with Crippen LogP contribution >= 0.6 is 0 Å². The van der Waals surface area contributed by atoms with E-state index in [1.165, 1.54) is 18.3 Å². The van der Waals surface area contributed by atoms with Crippen molar-refractivity contribution in [3.8, 4) is 5.88 Å². The molecule has 126 valence electrons. The Hall–Kier alpha value is -1.83. The molecular weight excluding hydrogens is 311 g/mol. The Labute approximate surface area is 131 Å². The van der Waals surface area contributed by atoms with Gasteiger partial charge in [-0.2, -0.15) is 13.2 Å². The van der Waals surface area contributed by atoms with Gasteiger partial charge >= 0.3 is 6.18 Å². The standard InChI is InChI=1S/C15H18F3N3O2/c16-15(17,18)8-23-13-10(2-1-5-20-13)14(22)21-6-9-3-4-12(19)11(9)7-21/h1-2,5,9,11-12H,3-4,6-8,19H2. The number of fused-ring (bicyclic) bond motifs is 1. The van der Waals surface area contributed by atoms with Crippen molar-refractivity contribution in [2.45, 2.75) is 25.1 Å². The first-order valence-corrected chi connectivity index (χ1v) is 7.54. The summed E-state index contributed by atoms with van der Waals surface area (Å²) in [5.74, 6) is 0.0217. The van der Waals surface area contributed by atoms with Crippen LogP contribution < -0.4 is 10.5 Å². The molecule has 2 N–H and O–H groups in total. The van der Waals surface area contributed by atoms with Gasteiger partial charge in [0, 0.05) is 25.3 Å². The van der Waals surface area contributed by atoms with Gasteiger partial charge in [-0.3, -0.25) is 4.79 Å². The number of nitrogens with two attached hydrogens (primary N) is 1. The van der Waals surface area contributed by atoms with E-state index in [9.17, 15) is 18.0 Å². The lowest BCUT2D eigenvalue weighted by atomic mass is 9.98. The molecule has 0 bridgehead atoms. The fourth-order valence-corrected chi connectivity index (χ4v) is 3.46. The van der Waals surface area contributed by atoms with E-state index in [2.05, 4.69) is 9.72 Å². The average molecular weight is 329 g/mol. The molecule has 2 fully saturated rings. The van der Waals surface area contributed by atoms with E-state index in [-0.39, 0.29) is 29.3 Å². The van der Waals surface area contributed by atoms with Crippen LogP contribution in [-0.2, 0) is 0 Å². The van der Waals surface area contributed by atoms with Crippen LogP contribution in [0.3, 0.4) is 0 Å². The molecule has 8 heteroatoms. The summed E-state index contributed by atoms with van der Waals surface area (Å²) in [7, 11) is 0. The van der Waals surface area contributed by atoms with Gasteiger partial charge in [-0.05, 0) is 36.8 Å². The monoisotopic (exact) mass is 329 g/mol. The fraction of sp³-hybridized carbons (Fsp3) is 0.600. The number of ether oxygens (including phenoxy) is 1. The first-order chi connectivity index (χ1) is 10.8. The number of rotatable bonds is 3. The molecule has 3 unspecified atom stereocenters. The Morgan fingerprint density at radius 2 is 2.17 bits per heavy atom. The van der Waals surface area contributed by atoms with Crippen LogP contribution in [0.4, 0.5) is 13.2 Å². The maximum Gasteiger partial charge on any atom is 0.422 e. The molecule has 5 nitrogen and oxygen atoms in total. The molecule has 1 saturated carbocycles. The summed E-state index contributed by atoms with van der Waals surface area (Å²) in [5.41, 5.74) is 6.11. The minimum atomic E-state index is -4.48. The fourth-order valence-electron chi connectivity index (χ4n) is 3.46. The molecule has 1 aliphatic carbocycles. The molecule has 1 aromatic rings. The smallest absolute Gasteiger partial charge is 0.422 e. The summed E-state index contributed by atoms with van der Waals surface area (Å²) in [5, 5.41) is 0. The molecular formula is C15H18F3N3O2. The third-order valence-corrected chi connectivity index (χ3v) is 4.57. The van der Waals surface area contributed by atoms with E-state index >= 15 is 0 Å². The zero-order chi connectivity index (χ0) is 16.6. The number of carbonyl (C=O) groups is 1. The first-order valence-electron chi connectivity index (χ1n) is 7.54. The van der Waals surface area contributed by atoms with E-state index in [4.69, 9.17) is 5.73 Å². The Morgan fingerprint density at radius 3 is 2.87 bits per heavy atom. The lowest BCUT2D eigenvalue weighted by Gasteiger charge is -2.20. The molecule has 2 aliphatic rings. The third-order valence-electron chi connectivity index (χ3n) is 4.57. The highest BCUT2D eigenvalue weighted by atomic mass is 19.4. The minimum Gasteiger partial charge on any atom is -0.467 e. The van der Waals surface area contributed by atoms with Crippen LogP contribution in [0, 0.1) is 11.8 Å². The van der Waals surface area contributed by atoms with Gasteiger partial charge in [0.2, 0.25) is 5.88 Å². The highest BCUT2D eigenvalue weighted by molar-refractivity contribution is 5.96. The second kappa shape index (κ2) is 5.99. The molecule has 1 amide bonds. The number of hydrogen-bond acceptors (Lipinski definition) is 4. The molecule has 3 rings (SSSR count). The number of aromatic nitrogens is 1. The van der Waals surface area contributed by atoms with Crippen molar-refractivity contribution in [1.82, 2.24) is 9.88 Å². The second-order valence-electron chi connectivity index (χ2n) is 6.14. The van der Waals surface area contributed by atoms with Crippen molar-refractivity contribution in [3.63, 3.8) is 0 Å². The van der Waals surface area contributed by atoms with Crippen molar-refractivity contribution >= 4 is 5.91 Å². The van der Waals surface area contributed by atoms with Gasteiger partial charge in [0.1, 0.15) is 5.56 Å². The maximum absolute atomic E-state index is 12.6. The van der Waals surface area contributed by atoms with Gasteiger partial charge in [0.05, 0.1) is 0 Å². The Kier molecular flexibility index (Phi) is 4.18. The third kappa shape index (κ3) is 3.41.